The third-order valence-corrected chi connectivity index (χ3v) is 2.91. The zero-order valence-electron chi connectivity index (χ0n) is 7.18. The van der Waals surface area contributed by atoms with E-state index in [0.717, 1.165) is 19.4 Å². The SMILES string of the molecule is FC(F)C1CCCN(C2CC2)C1. The monoisotopic (exact) mass is 175 g/mol. The van der Waals surface area contributed by atoms with Crippen molar-refractivity contribution in [1.82, 2.24) is 4.90 Å². The van der Waals surface area contributed by atoms with E-state index in [2.05, 4.69) is 4.90 Å². The molecule has 1 saturated heterocycles. The number of hydrogen-bond donors (Lipinski definition) is 0. The first-order valence-corrected chi connectivity index (χ1v) is 4.79. The maximum atomic E-state index is 12.4. The predicted octanol–water partition coefficient (Wildman–Crippen LogP) is 2.13. The highest BCUT2D eigenvalue weighted by molar-refractivity contribution is 4.88. The minimum absolute atomic E-state index is 0.348. The molecule has 1 nitrogen and oxygen atoms in total. The highest BCUT2D eigenvalue weighted by Gasteiger charge is 2.35. The van der Waals surface area contributed by atoms with Gasteiger partial charge < -0.3 is 0 Å². The Morgan fingerprint density at radius 2 is 1.92 bits per heavy atom. The molecule has 0 aromatic rings. The summed E-state index contributed by atoms with van der Waals surface area (Å²) in [6.45, 7) is 1.69. The first-order valence-electron chi connectivity index (χ1n) is 4.79. The Morgan fingerprint density at radius 1 is 1.17 bits per heavy atom. The summed E-state index contributed by atoms with van der Waals surface area (Å²) >= 11 is 0. The smallest absolute Gasteiger partial charge is 0.242 e. The molecule has 2 fully saturated rings. The van der Waals surface area contributed by atoms with Crippen LogP contribution in [0, 0.1) is 5.92 Å². The Labute approximate surface area is 71.7 Å². The average Bonchev–Trinajstić information content (AvgIpc) is 2.87. The molecule has 1 heterocycles. The minimum Gasteiger partial charge on any atom is -0.300 e. The van der Waals surface area contributed by atoms with Gasteiger partial charge in [-0.1, -0.05) is 0 Å². The highest BCUT2D eigenvalue weighted by atomic mass is 19.3. The summed E-state index contributed by atoms with van der Waals surface area (Å²) in [7, 11) is 0. The van der Waals surface area contributed by atoms with Crippen LogP contribution in [-0.2, 0) is 0 Å². The summed E-state index contributed by atoms with van der Waals surface area (Å²) in [6, 6.07) is 0.659. The molecule has 0 spiro atoms. The molecular weight excluding hydrogens is 160 g/mol. The fourth-order valence-corrected chi connectivity index (χ4v) is 2.02. The number of halogens is 2. The van der Waals surface area contributed by atoms with Gasteiger partial charge in [-0.2, -0.15) is 0 Å². The van der Waals surface area contributed by atoms with Crippen LogP contribution in [0.25, 0.3) is 0 Å². The second-order valence-electron chi connectivity index (χ2n) is 3.96. The molecule has 0 aromatic heterocycles. The number of hydrogen-bond acceptors (Lipinski definition) is 1. The first-order chi connectivity index (χ1) is 5.77. The quantitative estimate of drug-likeness (QED) is 0.621. The Morgan fingerprint density at radius 3 is 2.50 bits per heavy atom. The molecule has 1 atom stereocenters. The van der Waals surface area contributed by atoms with E-state index in [0.29, 0.717) is 12.6 Å². The van der Waals surface area contributed by atoms with Crippen LogP contribution in [0.1, 0.15) is 25.7 Å². The van der Waals surface area contributed by atoms with Crippen LogP contribution in [0.4, 0.5) is 8.78 Å². The topological polar surface area (TPSA) is 3.24 Å². The third-order valence-electron chi connectivity index (χ3n) is 2.91. The van der Waals surface area contributed by atoms with Crippen molar-refractivity contribution >= 4 is 0 Å². The fourth-order valence-electron chi connectivity index (χ4n) is 2.02. The molecule has 1 aliphatic carbocycles. The normalized spacial score (nSPS) is 32.8. The molecule has 70 valence electrons. The molecule has 0 amide bonds. The van der Waals surface area contributed by atoms with Gasteiger partial charge >= 0.3 is 0 Å². The van der Waals surface area contributed by atoms with Gasteiger partial charge in [-0.25, -0.2) is 8.78 Å². The highest BCUT2D eigenvalue weighted by Crippen LogP contribution is 2.32. The average molecular weight is 175 g/mol. The minimum atomic E-state index is -2.11. The van der Waals surface area contributed by atoms with E-state index in [1.165, 1.54) is 12.8 Å². The van der Waals surface area contributed by atoms with E-state index in [4.69, 9.17) is 0 Å². The first kappa shape index (κ1) is 8.42. The molecule has 0 aromatic carbocycles. The van der Waals surface area contributed by atoms with Crippen LogP contribution in [-0.4, -0.2) is 30.5 Å². The van der Waals surface area contributed by atoms with Crippen molar-refractivity contribution in [3.8, 4) is 0 Å². The van der Waals surface area contributed by atoms with Gasteiger partial charge in [0.05, 0.1) is 0 Å². The van der Waals surface area contributed by atoms with Gasteiger partial charge in [0.1, 0.15) is 0 Å². The molecule has 0 radical (unpaired) electrons. The van der Waals surface area contributed by atoms with E-state index in [1.54, 1.807) is 0 Å². The van der Waals surface area contributed by atoms with Gasteiger partial charge in [0, 0.05) is 18.5 Å². The maximum absolute atomic E-state index is 12.4. The van der Waals surface area contributed by atoms with Crippen molar-refractivity contribution in [2.45, 2.75) is 38.2 Å². The molecule has 2 rings (SSSR count). The number of alkyl halides is 2. The molecule has 0 N–H and O–H groups in total. The van der Waals surface area contributed by atoms with Gasteiger partial charge in [-0.05, 0) is 32.2 Å². The molecule has 1 unspecified atom stereocenters. The number of piperidine rings is 1. The van der Waals surface area contributed by atoms with E-state index < -0.39 is 6.43 Å². The van der Waals surface area contributed by atoms with Gasteiger partial charge in [0.25, 0.3) is 0 Å². The van der Waals surface area contributed by atoms with E-state index in [1.807, 2.05) is 0 Å². The van der Waals surface area contributed by atoms with Crippen LogP contribution in [0.5, 0.6) is 0 Å². The Kier molecular flexibility index (Phi) is 2.31. The summed E-state index contributed by atoms with van der Waals surface area (Å²) < 4.78 is 24.7. The molecule has 0 bridgehead atoms. The lowest BCUT2D eigenvalue weighted by Gasteiger charge is -2.32. The number of nitrogens with zero attached hydrogens (tertiary/aromatic N) is 1. The molecule has 1 saturated carbocycles. The molecule has 3 heteroatoms. The Bertz CT molecular complexity index is 149. The lowest BCUT2D eigenvalue weighted by molar-refractivity contribution is 0.0253. The second kappa shape index (κ2) is 3.29. The van der Waals surface area contributed by atoms with Crippen molar-refractivity contribution in [2.75, 3.05) is 13.1 Å². The second-order valence-corrected chi connectivity index (χ2v) is 3.96. The van der Waals surface area contributed by atoms with Crippen LogP contribution in [0.15, 0.2) is 0 Å². The lowest BCUT2D eigenvalue weighted by Crippen LogP contribution is -2.39. The zero-order valence-corrected chi connectivity index (χ0v) is 7.18. The molecular formula is C9H15F2N. The van der Waals surface area contributed by atoms with Crippen LogP contribution in [0.2, 0.25) is 0 Å². The summed E-state index contributed by atoms with van der Waals surface area (Å²) in [5.41, 5.74) is 0. The standard InChI is InChI=1S/C9H15F2N/c10-9(11)7-2-1-5-12(6-7)8-3-4-8/h7-9H,1-6H2. The van der Waals surface area contributed by atoms with Crippen molar-refractivity contribution in [3.63, 3.8) is 0 Å². The van der Waals surface area contributed by atoms with Crippen LogP contribution >= 0.6 is 0 Å². The summed E-state index contributed by atoms with van der Waals surface area (Å²) in [4.78, 5) is 2.25. The van der Waals surface area contributed by atoms with Crippen molar-refractivity contribution in [3.05, 3.63) is 0 Å². The third kappa shape index (κ3) is 1.76. The summed E-state index contributed by atoms with van der Waals surface area (Å²) in [5.74, 6) is -0.348. The van der Waals surface area contributed by atoms with E-state index >= 15 is 0 Å². The molecule has 2 aliphatic rings. The van der Waals surface area contributed by atoms with Gasteiger partial charge in [0.2, 0.25) is 6.43 Å². The predicted molar refractivity (Wildman–Crippen MR) is 43.3 cm³/mol. The summed E-state index contributed by atoms with van der Waals surface area (Å²) in [6.07, 6.45) is 2.05. The van der Waals surface area contributed by atoms with Crippen LogP contribution in [0.3, 0.4) is 0 Å². The van der Waals surface area contributed by atoms with Crippen LogP contribution < -0.4 is 0 Å². The Balaban J connectivity index is 1.85. The van der Waals surface area contributed by atoms with Gasteiger partial charge in [0.15, 0.2) is 0 Å². The summed E-state index contributed by atoms with van der Waals surface area (Å²) in [5, 5.41) is 0. The lowest BCUT2D eigenvalue weighted by atomic mass is 9.98. The van der Waals surface area contributed by atoms with E-state index in [-0.39, 0.29) is 5.92 Å². The van der Waals surface area contributed by atoms with Crippen molar-refractivity contribution in [2.24, 2.45) is 5.92 Å². The van der Waals surface area contributed by atoms with Crippen molar-refractivity contribution < 1.29 is 8.78 Å². The zero-order chi connectivity index (χ0) is 8.55. The Hall–Kier alpha value is -0.180. The number of rotatable bonds is 2. The number of likely N-dealkylation sites (tertiary alicyclic amines) is 1. The fraction of sp³-hybridized carbons (Fsp3) is 1.00. The largest absolute Gasteiger partial charge is 0.300 e. The van der Waals surface area contributed by atoms with Crippen molar-refractivity contribution in [1.29, 1.82) is 0 Å². The van der Waals surface area contributed by atoms with Gasteiger partial charge in [-0.3, -0.25) is 4.90 Å². The molecule has 1 aliphatic heterocycles. The van der Waals surface area contributed by atoms with E-state index in [9.17, 15) is 8.78 Å². The molecule has 12 heavy (non-hydrogen) atoms. The van der Waals surface area contributed by atoms with Gasteiger partial charge in [-0.15, -0.1) is 0 Å². The maximum Gasteiger partial charge on any atom is 0.242 e.